The molecule has 0 bridgehead atoms. The normalized spacial score (nSPS) is 14.7. The van der Waals surface area contributed by atoms with E-state index in [1.54, 1.807) is 0 Å². The molecule has 0 atom stereocenters. The molecular formula is C11H23ClN2. The van der Waals surface area contributed by atoms with Gasteiger partial charge in [-0.2, -0.15) is 0 Å². The first kappa shape index (κ1) is 13.6. The van der Waals surface area contributed by atoms with Gasteiger partial charge >= 0.3 is 0 Å². The molecule has 0 fully saturated rings. The quantitative estimate of drug-likeness (QED) is 0.633. The highest BCUT2D eigenvalue weighted by molar-refractivity contribution is 5.85. The van der Waals surface area contributed by atoms with Crippen molar-refractivity contribution in [2.75, 3.05) is 20.3 Å². The van der Waals surface area contributed by atoms with Crippen LogP contribution >= 0.6 is 12.4 Å². The van der Waals surface area contributed by atoms with Gasteiger partial charge in [0.25, 0.3) is 0 Å². The summed E-state index contributed by atoms with van der Waals surface area (Å²) >= 11 is 0. The van der Waals surface area contributed by atoms with Gasteiger partial charge in [-0.15, -0.1) is 12.4 Å². The first-order chi connectivity index (χ1) is 6.33. The molecule has 2 nitrogen and oxygen atoms in total. The van der Waals surface area contributed by atoms with E-state index in [0.29, 0.717) is 0 Å². The summed E-state index contributed by atoms with van der Waals surface area (Å²) in [5, 5.41) is 0. The second-order valence-electron chi connectivity index (χ2n) is 3.92. The first-order valence-corrected chi connectivity index (χ1v) is 5.45. The Balaban J connectivity index is 0.00000169. The summed E-state index contributed by atoms with van der Waals surface area (Å²) < 4.78 is 0. The van der Waals surface area contributed by atoms with E-state index in [2.05, 4.69) is 36.2 Å². The average Bonchev–Trinajstić information content (AvgIpc) is 2.51. The van der Waals surface area contributed by atoms with Gasteiger partial charge < -0.3 is 9.80 Å². The maximum absolute atomic E-state index is 2.38. The van der Waals surface area contributed by atoms with E-state index < -0.39 is 0 Å². The zero-order chi connectivity index (χ0) is 9.52. The predicted octanol–water partition coefficient (Wildman–Crippen LogP) is 3.05. The Morgan fingerprint density at radius 1 is 1.07 bits per heavy atom. The second kappa shape index (κ2) is 7.98. The van der Waals surface area contributed by atoms with E-state index in [0.717, 1.165) is 6.67 Å². The predicted molar refractivity (Wildman–Crippen MR) is 64.5 cm³/mol. The molecule has 0 amide bonds. The van der Waals surface area contributed by atoms with Gasteiger partial charge in [-0.1, -0.05) is 32.6 Å². The van der Waals surface area contributed by atoms with Crippen LogP contribution in [0, 0.1) is 0 Å². The van der Waals surface area contributed by atoms with Crippen molar-refractivity contribution in [3.8, 4) is 0 Å². The van der Waals surface area contributed by atoms with Crippen LogP contribution in [0.5, 0.6) is 0 Å². The zero-order valence-corrected chi connectivity index (χ0v) is 10.2. The van der Waals surface area contributed by atoms with Crippen LogP contribution in [-0.4, -0.2) is 30.1 Å². The largest absolute Gasteiger partial charge is 0.362 e. The van der Waals surface area contributed by atoms with Crippen molar-refractivity contribution in [2.45, 2.75) is 39.0 Å². The lowest BCUT2D eigenvalue weighted by atomic mass is 10.1. The summed E-state index contributed by atoms with van der Waals surface area (Å²) in [7, 11) is 2.12. The average molecular weight is 219 g/mol. The highest BCUT2D eigenvalue weighted by Crippen LogP contribution is 2.07. The molecule has 0 radical (unpaired) electrons. The monoisotopic (exact) mass is 218 g/mol. The Morgan fingerprint density at radius 3 is 2.36 bits per heavy atom. The first-order valence-electron chi connectivity index (χ1n) is 5.45. The molecule has 14 heavy (non-hydrogen) atoms. The molecule has 0 aromatic heterocycles. The molecule has 0 aliphatic carbocycles. The Kier molecular flexibility index (Phi) is 7.77. The Morgan fingerprint density at radius 2 is 1.79 bits per heavy atom. The van der Waals surface area contributed by atoms with Gasteiger partial charge in [0.1, 0.15) is 0 Å². The van der Waals surface area contributed by atoms with Crippen molar-refractivity contribution >= 4 is 12.4 Å². The van der Waals surface area contributed by atoms with Crippen LogP contribution in [0.1, 0.15) is 39.0 Å². The fourth-order valence-corrected chi connectivity index (χ4v) is 1.65. The van der Waals surface area contributed by atoms with Crippen LogP contribution in [0.3, 0.4) is 0 Å². The molecule has 1 aliphatic rings. The fourth-order valence-electron chi connectivity index (χ4n) is 1.65. The van der Waals surface area contributed by atoms with Crippen LogP contribution in [0.15, 0.2) is 12.4 Å². The van der Waals surface area contributed by atoms with Crippen LogP contribution in [-0.2, 0) is 0 Å². The van der Waals surface area contributed by atoms with Crippen molar-refractivity contribution < 1.29 is 0 Å². The van der Waals surface area contributed by atoms with E-state index in [-0.39, 0.29) is 12.4 Å². The Hall–Kier alpha value is -0.370. The number of hydrogen-bond acceptors (Lipinski definition) is 2. The van der Waals surface area contributed by atoms with Gasteiger partial charge in [0.05, 0.1) is 6.67 Å². The van der Waals surface area contributed by atoms with Crippen molar-refractivity contribution in [1.82, 2.24) is 9.80 Å². The number of nitrogens with zero attached hydrogens (tertiary/aromatic N) is 2. The number of hydrogen-bond donors (Lipinski definition) is 0. The summed E-state index contributed by atoms with van der Waals surface area (Å²) in [6.07, 6.45) is 11.2. The third-order valence-electron chi connectivity index (χ3n) is 2.49. The highest BCUT2D eigenvalue weighted by atomic mass is 35.5. The maximum atomic E-state index is 2.38. The topological polar surface area (TPSA) is 6.48 Å². The lowest BCUT2D eigenvalue weighted by Crippen LogP contribution is -2.23. The van der Waals surface area contributed by atoms with Crippen molar-refractivity contribution in [3.63, 3.8) is 0 Å². The molecular weight excluding hydrogens is 196 g/mol. The third-order valence-corrected chi connectivity index (χ3v) is 2.49. The molecule has 3 heteroatoms. The molecule has 0 aromatic rings. The summed E-state index contributed by atoms with van der Waals surface area (Å²) in [5.74, 6) is 0. The fraction of sp³-hybridized carbons (Fsp3) is 0.818. The lowest BCUT2D eigenvalue weighted by molar-refractivity contribution is 0.291. The molecule has 84 valence electrons. The standard InChI is InChI=1S/C11H22N2.ClH/c1-3-4-5-6-7-8-13-10-9-12(2)11-13;/h9-10H,3-8,11H2,1-2H3;1H. The van der Waals surface area contributed by atoms with Crippen LogP contribution < -0.4 is 0 Å². The van der Waals surface area contributed by atoms with E-state index in [1.807, 2.05) is 0 Å². The number of halogens is 1. The number of rotatable bonds is 6. The van der Waals surface area contributed by atoms with Crippen molar-refractivity contribution in [3.05, 3.63) is 12.4 Å². The Bertz CT molecular complexity index is 159. The van der Waals surface area contributed by atoms with Gasteiger partial charge in [0.15, 0.2) is 0 Å². The lowest BCUT2D eigenvalue weighted by Gasteiger charge is -2.17. The van der Waals surface area contributed by atoms with Gasteiger partial charge in [-0.05, 0) is 6.42 Å². The summed E-state index contributed by atoms with van der Waals surface area (Å²) in [6, 6.07) is 0. The number of unbranched alkanes of at least 4 members (excludes halogenated alkanes) is 4. The molecule has 1 heterocycles. The maximum Gasteiger partial charge on any atom is 0.0890 e. The van der Waals surface area contributed by atoms with E-state index >= 15 is 0 Å². The van der Waals surface area contributed by atoms with Gasteiger partial charge in [0, 0.05) is 26.0 Å². The van der Waals surface area contributed by atoms with Crippen LogP contribution in [0.25, 0.3) is 0 Å². The Labute approximate surface area is 94.4 Å². The van der Waals surface area contributed by atoms with E-state index in [9.17, 15) is 0 Å². The smallest absolute Gasteiger partial charge is 0.0890 e. The molecule has 1 aliphatic heterocycles. The molecule has 0 saturated heterocycles. The minimum Gasteiger partial charge on any atom is -0.362 e. The molecule has 0 unspecified atom stereocenters. The zero-order valence-electron chi connectivity index (χ0n) is 9.41. The molecule has 0 aromatic carbocycles. The molecule has 0 saturated carbocycles. The third kappa shape index (κ3) is 5.38. The summed E-state index contributed by atoms with van der Waals surface area (Å²) in [4.78, 5) is 4.60. The van der Waals surface area contributed by atoms with Crippen LogP contribution in [0.2, 0.25) is 0 Å². The highest BCUT2D eigenvalue weighted by Gasteiger charge is 2.06. The minimum absolute atomic E-state index is 0. The molecule has 0 N–H and O–H groups in total. The second-order valence-corrected chi connectivity index (χ2v) is 3.92. The van der Waals surface area contributed by atoms with Gasteiger partial charge in [0.2, 0.25) is 0 Å². The van der Waals surface area contributed by atoms with Gasteiger partial charge in [-0.25, -0.2) is 0 Å². The molecule has 1 rings (SSSR count). The van der Waals surface area contributed by atoms with Gasteiger partial charge in [-0.3, -0.25) is 0 Å². The van der Waals surface area contributed by atoms with Crippen molar-refractivity contribution in [1.29, 1.82) is 0 Å². The molecule has 0 spiro atoms. The van der Waals surface area contributed by atoms with E-state index in [1.165, 1.54) is 38.6 Å². The van der Waals surface area contributed by atoms with Crippen LogP contribution in [0.4, 0.5) is 0 Å². The SMILES string of the molecule is CCCCCCCN1C=CN(C)C1.Cl. The minimum atomic E-state index is 0. The summed E-state index contributed by atoms with van der Waals surface area (Å²) in [6.45, 7) is 4.57. The van der Waals surface area contributed by atoms with Crippen molar-refractivity contribution in [2.24, 2.45) is 0 Å². The summed E-state index contributed by atoms with van der Waals surface area (Å²) in [5.41, 5.74) is 0. The van der Waals surface area contributed by atoms with E-state index in [4.69, 9.17) is 0 Å².